The molecule has 7 aromatic carbocycles. The molecule has 0 N–H and O–H groups in total. The van der Waals surface area contributed by atoms with Gasteiger partial charge in [0.05, 0.1) is 43.3 Å². The molecule has 0 aliphatic carbocycles. The van der Waals surface area contributed by atoms with Crippen molar-refractivity contribution in [3.05, 3.63) is 170 Å². The maximum Gasteiger partial charge on any atom is 0.138 e. The van der Waals surface area contributed by atoms with E-state index in [9.17, 15) is 0 Å². The highest BCUT2D eigenvalue weighted by molar-refractivity contribution is 7.25. The van der Waals surface area contributed by atoms with Crippen molar-refractivity contribution in [2.24, 2.45) is 0 Å². The molecule has 0 atom stereocenters. The zero-order chi connectivity index (χ0) is 33.9. The third kappa shape index (κ3) is 3.78. The summed E-state index contributed by atoms with van der Waals surface area (Å²) in [5.41, 5.74) is 10.5. The van der Waals surface area contributed by atoms with Crippen molar-refractivity contribution in [1.29, 1.82) is 0 Å². The molecule has 12 aromatic rings. The summed E-state index contributed by atoms with van der Waals surface area (Å²) in [4.78, 5) is 5.29. The van der Waals surface area contributed by atoms with Crippen LogP contribution in [0.5, 0.6) is 0 Å². The van der Waals surface area contributed by atoms with Crippen LogP contribution in [0.4, 0.5) is 0 Å². The Balaban J connectivity index is 1.08. The first-order valence-corrected chi connectivity index (χ1v) is 18.5. The smallest absolute Gasteiger partial charge is 0.138 e. The summed E-state index contributed by atoms with van der Waals surface area (Å²) in [6.07, 6.45) is 0. The van der Waals surface area contributed by atoms with Gasteiger partial charge in [-0.15, -0.1) is 11.3 Å². The number of hydrogen-bond donors (Lipinski definition) is 0. The lowest BCUT2D eigenvalue weighted by atomic mass is 10.1. The molecule has 242 valence electrons. The molecular weight excluding hydrogens is 653 g/mol. The molecule has 0 amide bonds. The van der Waals surface area contributed by atoms with E-state index in [1.807, 2.05) is 0 Å². The highest BCUT2D eigenvalue weighted by atomic mass is 32.1. The van der Waals surface area contributed by atoms with Crippen molar-refractivity contribution in [1.82, 2.24) is 18.7 Å². The van der Waals surface area contributed by atoms with Gasteiger partial charge in [-0.25, -0.2) is 4.98 Å². The summed E-state index contributed by atoms with van der Waals surface area (Å²) in [6.45, 7) is 0. The van der Waals surface area contributed by atoms with Gasteiger partial charge < -0.3 is 9.13 Å². The molecule has 5 aromatic heterocycles. The highest BCUT2D eigenvalue weighted by Crippen LogP contribution is 2.40. The molecule has 12 rings (SSSR count). The van der Waals surface area contributed by atoms with Crippen LogP contribution in [0.2, 0.25) is 0 Å². The topological polar surface area (TPSA) is 27.7 Å². The van der Waals surface area contributed by atoms with Gasteiger partial charge >= 0.3 is 0 Å². The first-order valence-electron chi connectivity index (χ1n) is 17.6. The number of para-hydroxylation sites is 4. The molecule has 5 heteroatoms. The number of pyridine rings is 1. The Morgan fingerprint density at radius 2 is 0.750 bits per heavy atom. The number of hydrogen-bond acceptors (Lipinski definition) is 2. The van der Waals surface area contributed by atoms with Crippen LogP contribution in [-0.4, -0.2) is 18.7 Å². The van der Waals surface area contributed by atoms with Gasteiger partial charge in [0.15, 0.2) is 0 Å². The second kappa shape index (κ2) is 10.4. The molecule has 0 fully saturated rings. The van der Waals surface area contributed by atoms with E-state index in [2.05, 4.69) is 184 Å². The Hall–Kier alpha value is -6.69. The molecule has 0 saturated carbocycles. The third-order valence-corrected chi connectivity index (χ3v) is 12.0. The van der Waals surface area contributed by atoms with Gasteiger partial charge in [-0.2, -0.15) is 0 Å². The van der Waals surface area contributed by atoms with Crippen molar-refractivity contribution in [2.45, 2.75) is 0 Å². The van der Waals surface area contributed by atoms with Crippen LogP contribution in [0, 0.1) is 0 Å². The number of aromatic nitrogens is 4. The number of benzene rings is 7. The summed E-state index contributed by atoms with van der Waals surface area (Å²) in [5.74, 6) is 0.935. The first kappa shape index (κ1) is 28.1. The Morgan fingerprint density at radius 1 is 0.327 bits per heavy atom. The number of fused-ring (bicyclic) bond motifs is 12. The van der Waals surface area contributed by atoms with Gasteiger partial charge in [-0.3, -0.25) is 4.57 Å². The summed E-state index contributed by atoms with van der Waals surface area (Å²) in [6, 6.07) is 61.7. The van der Waals surface area contributed by atoms with Crippen LogP contribution in [0.1, 0.15) is 0 Å². The van der Waals surface area contributed by atoms with Crippen molar-refractivity contribution < 1.29 is 0 Å². The second-order valence-corrected chi connectivity index (χ2v) is 14.7. The Kier molecular flexibility index (Phi) is 5.62. The third-order valence-electron chi connectivity index (χ3n) is 10.8. The molecule has 0 saturated heterocycles. The Labute approximate surface area is 301 Å². The standard InChI is InChI=1S/C47H28N4S/c1-6-16-38-31(11-1)32-12-2-7-17-39(32)49(38)29-21-23-42-36(27-29)33-13-3-8-18-40(33)50(42)30-22-24-43-37(28-30)34-14-4-9-19-41(34)51(43)46-26-25-45-47(48-46)35-15-5-10-20-44(35)52-45/h1-28H. The molecule has 52 heavy (non-hydrogen) atoms. The van der Waals surface area contributed by atoms with Crippen LogP contribution < -0.4 is 0 Å². The van der Waals surface area contributed by atoms with Crippen molar-refractivity contribution in [3.63, 3.8) is 0 Å². The largest absolute Gasteiger partial charge is 0.309 e. The van der Waals surface area contributed by atoms with E-state index in [0.717, 1.165) is 33.7 Å². The van der Waals surface area contributed by atoms with E-state index in [4.69, 9.17) is 4.98 Å². The molecule has 0 spiro atoms. The molecular formula is C47H28N4S. The van der Waals surface area contributed by atoms with Crippen LogP contribution in [0.25, 0.3) is 103 Å². The number of nitrogens with zero attached hydrogens (tertiary/aromatic N) is 4. The molecule has 4 nitrogen and oxygen atoms in total. The van der Waals surface area contributed by atoms with Crippen LogP contribution in [-0.2, 0) is 0 Å². The maximum absolute atomic E-state index is 5.29. The maximum atomic E-state index is 5.29. The average molecular weight is 681 g/mol. The van der Waals surface area contributed by atoms with Crippen LogP contribution in [0.3, 0.4) is 0 Å². The SMILES string of the molecule is c1ccc2c(c1)sc1ccc(-n3c4ccccc4c4cc(-n5c6ccccc6c6cc(-n7c8ccccc8c8ccccc87)ccc65)ccc43)nc12. The Morgan fingerprint density at radius 3 is 1.31 bits per heavy atom. The Bertz CT molecular complexity index is 3370. The van der Waals surface area contributed by atoms with Gasteiger partial charge in [0.25, 0.3) is 0 Å². The van der Waals surface area contributed by atoms with E-state index < -0.39 is 0 Å². The van der Waals surface area contributed by atoms with Crippen molar-refractivity contribution in [2.75, 3.05) is 0 Å². The minimum absolute atomic E-state index is 0.935. The van der Waals surface area contributed by atoms with Gasteiger partial charge in [-0.1, -0.05) is 91.0 Å². The minimum Gasteiger partial charge on any atom is -0.309 e. The van der Waals surface area contributed by atoms with Crippen molar-refractivity contribution in [3.8, 4) is 17.2 Å². The van der Waals surface area contributed by atoms with Crippen molar-refractivity contribution >= 4 is 97.1 Å². The monoisotopic (exact) mass is 680 g/mol. The van der Waals surface area contributed by atoms with Gasteiger partial charge in [0.1, 0.15) is 5.82 Å². The van der Waals surface area contributed by atoms with E-state index in [-0.39, 0.29) is 0 Å². The van der Waals surface area contributed by atoms with E-state index in [1.54, 1.807) is 11.3 Å². The molecule has 0 aliphatic rings. The second-order valence-electron chi connectivity index (χ2n) is 13.6. The molecule has 0 unspecified atom stereocenters. The zero-order valence-electron chi connectivity index (χ0n) is 27.9. The molecule has 0 bridgehead atoms. The number of rotatable bonds is 3. The van der Waals surface area contributed by atoms with E-state index in [0.29, 0.717) is 0 Å². The fraction of sp³-hybridized carbons (Fsp3) is 0. The lowest BCUT2D eigenvalue weighted by Gasteiger charge is -2.11. The van der Waals surface area contributed by atoms with Gasteiger partial charge in [-0.05, 0) is 78.9 Å². The highest BCUT2D eigenvalue weighted by Gasteiger charge is 2.19. The zero-order valence-corrected chi connectivity index (χ0v) is 28.7. The average Bonchev–Trinajstić information content (AvgIpc) is 3.93. The van der Waals surface area contributed by atoms with Gasteiger partial charge in [0.2, 0.25) is 0 Å². The van der Waals surface area contributed by atoms with E-state index in [1.165, 1.54) is 69.2 Å². The summed E-state index contributed by atoms with van der Waals surface area (Å²) in [7, 11) is 0. The first-order chi connectivity index (χ1) is 25.8. The summed E-state index contributed by atoms with van der Waals surface area (Å²) in [5, 5.41) is 8.64. The lowest BCUT2D eigenvalue weighted by Crippen LogP contribution is -1.98. The predicted octanol–water partition coefficient (Wildman–Crippen LogP) is 12.7. The summed E-state index contributed by atoms with van der Waals surface area (Å²) < 4.78 is 9.63. The fourth-order valence-corrected chi connectivity index (χ4v) is 9.68. The number of thiophene rings is 1. The van der Waals surface area contributed by atoms with Gasteiger partial charge in [0, 0.05) is 53.8 Å². The normalized spacial score (nSPS) is 12.2. The van der Waals surface area contributed by atoms with Crippen LogP contribution in [0.15, 0.2) is 170 Å². The predicted molar refractivity (Wildman–Crippen MR) is 220 cm³/mol. The fourth-order valence-electron chi connectivity index (χ4n) is 8.63. The lowest BCUT2D eigenvalue weighted by molar-refractivity contribution is 1.10. The van der Waals surface area contributed by atoms with E-state index >= 15 is 0 Å². The molecule has 0 aliphatic heterocycles. The van der Waals surface area contributed by atoms with Crippen LogP contribution >= 0.6 is 11.3 Å². The summed E-state index contributed by atoms with van der Waals surface area (Å²) >= 11 is 1.80. The quantitative estimate of drug-likeness (QED) is 0.182. The minimum atomic E-state index is 0.935. The molecule has 5 heterocycles. The molecule has 0 radical (unpaired) electrons.